The summed E-state index contributed by atoms with van der Waals surface area (Å²) in [5, 5.41) is 15.6. The number of piperidine rings is 1. The van der Waals surface area contributed by atoms with Gasteiger partial charge in [-0.15, -0.1) is 10.2 Å². The highest BCUT2D eigenvalue weighted by molar-refractivity contribution is 7.00. The van der Waals surface area contributed by atoms with Crippen LogP contribution in [0.1, 0.15) is 12.8 Å². The van der Waals surface area contributed by atoms with Gasteiger partial charge in [0.25, 0.3) is 0 Å². The summed E-state index contributed by atoms with van der Waals surface area (Å²) in [6.45, 7) is 1.50. The molecule has 1 N–H and O–H groups in total. The summed E-state index contributed by atoms with van der Waals surface area (Å²) in [7, 11) is 0. The molecular weight excluding hydrogens is 390 g/mol. The Bertz CT molecular complexity index is 1120. The standard InChI is InChI=1S/C18H17N9OS/c28-18(21-13-2-1-3-14-17(13)25-29-24-14)12-6-8-26(9-7-12)15-4-5-16(23-22-15)27-11-19-10-20-27/h1-5,10-12H,6-9H2,(H,21,28). The molecule has 0 atom stereocenters. The summed E-state index contributed by atoms with van der Waals surface area (Å²) in [6.07, 6.45) is 4.54. The first-order chi connectivity index (χ1) is 14.3. The fraction of sp³-hybridized carbons (Fsp3) is 0.278. The number of anilines is 2. The van der Waals surface area contributed by atoms with E-state index in [2.05, 4.69) is 39.2 Å². The molecule has 0 aliphatic carbocycles. The number of amides is 1. The monoisotopic (exact) mass is 407 g/mol. The van der Waals surface area contributed by atoms with Gasteiger partial charge in [-0.05, 0) is 37.1 Å². The number of aromatic nitrogens is 7. The maximum atomic E-state index is 12.7. The van der Waals surface area contributed by atoms with Crippen molar-refractivity contribution in [1.29, 1.82) is 0 Å². The van der Waals surface area contributed by atoms with E-state index in [0.29, 0.717) is 5.82 Å². The molecule has 146 valence electrons. The normalized spacial score (nSPS) is 15.0. The molecule has 3 aromatic heterocycles. The summed E-state index contributed by atoms with van der Waals surface area (Å²) >= 11 is 1.15. The Morgan fingerprint density at radius 3 is 2.66 bits per heavy atom. The number of hydrogen-bond donors (Lipinski definition) is 1. The van der Waals surface area contributed by atoms with Crippen molar-refractivity contribution < 1.29 is 4.79 Å². The number of rotatable bonds is 4. The Morgan fingerprint density at radius 1 is 1.07 bits per heavy atom. The Morgan fingerprint density at radius 2 is 1.90 bits per heavy atom. The molecule has 4 aromatic rings. The first-order valence-electron chi connectivity index (χ1n) is 9.24. The second-order valence-electron chi connectivity index (χ2n) is 6.78. The molecule has 0 unspecified atom stereocenters. The van der Waals surface area contributed by atoms with Gasteiger partial charge in [0, 0.05) is 19.0 Å². The molecule has 1 amide bonds. The Balaban J connectivity index is 1.21. The van der Waals surface area contributed by atoms with E-state index in [1.54, 1.807) is 11.0 Å². The van der Waals surface area contributed by atoms with Gasteiger partial charge >= 0.3 is 0 Å². The van der Waals surface area contributed by atoms with Crippen LogP contribution in [-0.2, 0) is 4.79 Å². The molecule has 1 fully saturated rings. The first kappa shape index (κ1) is 17.6. The molecule has 0 saturated carbocycles. The number of nitrogens with one attached hydrogen (secondary N) is 1. The molecule has 11 heteroatoms. The van der Waals surface area contributed by atoms with Gasteiger partial charge in [-0.2, -0.15) is 13.8 Å². The van der Waals surface area contributed by atoms with Gasteiger partial charge in [0.1, 0.15) is 23.7 Å². The highest BCUT2D eigenvalue weighted by atomic mass is 32.1. The summed E-state index contributed by atoms with van der Waals surface area (Å²) in [6, 6.07) is 9.41. The zero-order valence-corrected chi connectivity index (χ0v) is 16.2. The molecule has 0 radical (unpaired) electrons. The number of benzene rings is 1. The zero-order valence-electron chi connectivity index (χ0n) is 15.3. The fourth-order valence-electron chi connectivity index (χ4n) is 3.45. The lowest BCUT2D eigenvalue weighted by Crippen LogP contribution is -2.38. The lowest BCUT2D eigenvalue weighted by molar-refractivity contribution is -0.120. The van der Waals surface area contributed by atoms with E-state index >= 15 is 0 Å². The SMILES string of the molecule is O=C(Nc1cccc2nsnc12)C1CCN(c2ccc(-n3cncn3)nn2)CC1. The van der Waals surface area contributed by atoms with E-state index in [1.807, 2.05) is 30.3 Å². The summed E-state index contributed by atoms with van der Waals surface area (Å²) in [5.74, 6) is 1.39. The van der Waals surface area contributed by atoms with Crippen molar-refractivity contribution in [3.8, 4) is 5.82 Å². The Hall–Kier alpha value is -3.47. The maximum absolute atomic E-state index is 12.7. The van der Waals surface area contributed by atoms with E-state index < -0.39 is 0 Å². The van der Waals surface area contributed by atoms with Crippen LogP contribution in [0, 0.1) is 5.92 Å². The smallest absolute Gasteiger partial charge is 0.227 e. The fourth-order valence-corrected chi connectivity index (χ4v) is 4.00. The van der Waals surface area contributed by atoms with Gasteiger partial charge in [0.05, 0.1) is 17.4 Å². The minimum Gasteiger partial charge on any atom is -0.355 e. The summed E-state index contributed by atoms with van der Waals surface area (Å²) < 4.78 is 10.1. The lowest BCUT2D eigenvalue weighted by atomic mass is 9.95. The third-order valence-electron chi connectivity index (χ3n) is 5.02. The van der Waals surface area contributed by atoms with Crippen molar-refractivity contribution in [3.05, 3.63) is 43.0 Å². The first-order valence-corrected chi connectivity index (χ1v) is 9.97. The number of fused-ring (bicyclic) bond motifs is 1. The van der Waals surface area contributed by atoms with Crippen LogP contribution in [0.2, 0.25) is 0 Å². The second-order valence-corrected chi connectivity index (χ2v) is 7.31. The van der Waals surface area contributed by atoms with Gasteiger partial charge in [0.2, 0.25) is 5.91 Å². The van der Waals surface area contributed by atoms with E-state index in [0.717, 1.165) is 60.2 Å². The molecule has 0 bridgehead atoms. The van der Waals surface area contributed by atoms with E-state index in [-0.39, 0.29) is 11.8 Å². The van der Waals surface area contributed by atoms with Crippen LogP contribution in [0.25, 0.3) is 16.9 Å². The Kier molecular flexibility index (Phi) is 4.56. The molecule has 29 heavy (non-hydrogen) atoms. The molecule has 5 rings (SSSR count). The molecule has 1 aliphatic heterocycles. The summed E-state index contributed by atoms with van der Waals surface area (Å²) in [5.41, 5.74) is 2.26. The predicted molar refractivity (Wildman–Crippen MR) is 108 cm³/mol. The van der Waals surface area contributed by atoms with Crippen LogP contribution in [0.4, 0.5) is 11.5 Å². The van der Waals surface area contributed by atoms with Crippen LogP contribution >= 0.6 is 11.7 Å². The van der Waals surface area contributed by atoms with Gasteiger partial charge in [0.15, 0.2) is 11.6 Å². The van der Waals surface area contributed by atoms with Crippen molar-refractivity contribution in [3.63, 3.8) is 0 Å². The predicted octanol–water partition coefficient (Wildman–Crippen LogP) is 1.92. The van der Waals surface area contributed by atoms with Crippen LogP contribution in [-0.4, -0.2) is 52.7 Å². The van der Waals surface area contributed by atoms with E-state index in [1.165, 1.54) is 6.33 Å². The van der Waals surface area contributed by atoms with Gasteiger partial charge in [-0.25, -0.2) is 9.67 Å². The molecule has 1 aromatic carbocycles. The zero-order chi connectivity index (χ0) is 19.6. The van der Waals surface area contributed by atoms with Crippen LogP contribution < -0.4 is 10.2 Å². The average molecular weight is 407 g/mol. The van der Waals surface area contributed by atoms with E-state index in [9.17, 15) is 4.79 Å². The molecule has 10 nitrogen and oxygen atoms in total. The Labute approximate surface area is 169 Å². The summed E-state index contributed by atoms with van der Waals surface area (Å²) in [4.78, 5) is 18.8. The molecular formula is C18H17N9OS. The second kappa shape index (κ2) is 7.51. The quantitative estimate of drug-likeness (QED) is 0.546. The molecule has 1 saturated heterocycles. The third kappa shape index (κ3) is 3.51. The van der Waals surface area contributed by atoms with Crippen LogP contribution in [0.3, 0.4) is 0 Å². The van der Waals surface area contributed by atoms with Gasteiger partial charge < -0.3 is 10.2 Å². The van der Waals surface area contributed by atoms with Crippen LogP contribution in [0.15, 0.2) is 43.0 Å². The third-order valence-corrected chi connectivity index (χ3v) is 5.57. The van der Waals surface area contributed by atoms with E-state index in [4.69, 9.17) is 0 Å². The van der Waals surface area contributed by atoms with Crippen molar-refractivity contribution in [2.45, 2.75) is 12.8 Å². The number of nitrogens with zero attached hydrogens (tertiary/aromatic N) is 8. The molecule has 4 heterocycles. The maximum Gasteiger partial charge on any atom is 0.227 e. The van der Waals surface area contributed by atoms with Crippen molar-refractivity contribution >= 4 is 40.2 Å². The highest BCUT2D eigenvalue weighted by Gasteiger charge is 2.26. The largest absolute Gasteiger partial charge is 0.355 e. The minimum absolute atomic E-state index is 0.0257. The topological polar surface area (TPSA) is 115 Å². The highest BCUT2D eigenvalue weighted by Crippen LogP contribution is 2.25. The van der Waals surface area contributed by atoms with Gasteiger partial charge in [-0.3, -0.25) is 4.79 Å². The van der Waals surface area contributed by atoms with Gasteiger partial charge in [-0.1, -0.05) is 6.07 Å². The average Bonchev–Trinajstić information content (AvgIpc) is 3.47. The lowest BCUT2D eigenvalue weighted by Gasteiger charge is -2.31. The molecule has 0 spiro atoms. The van der Waals surface area contributed by atoms with Crippen LogP contribution in [0.5, 0.6) is 0 Å². The number of carbonyl (C=O) groups excluding carboxylic acids is 1. The minimum atomic E-state index is -0.0458. The van der Waals surface area contributed by atoms with Crippen molar-refractivity contribution in [1.82, 2.24) is 33.7 Å². The number of hydrogen-bond acceptors (Lipinski definition) is 9. The van der Waals surface area contributed by atoms with Crippen molar-refractivity contribution in [2.75, 3.05) is 23.3 Å². The number of carbonyl (C=O) groups is 1. The molecule has 1 aliphatic rings. The van der Waals surface area contributed by atoms with Crippen molar-refractivity contribution in [2.24, 2.45) is 5.92 Å².